The zero-order chi connectivity index (χ0) is 18.3. The molecule has 2 fully saturated rings. The number of nitrogens with one attached hydrogen (secondary N) is 1. The number of aromatic nitrogens is 1. The van der Waals surface area contributed by atoms with Crippen molar-refractivity contribution in [3.8, 4) is 0 Å². The van der Waals surface area contributed by atoms with Crippen LogP contribution in [0.4, 0.5) is 0 Å². The van der Waals surface area contributed by atoms with Crippen molar-refractivity contribution in [3.63, 3.8) is 0 Å². The van der Waals surface area contributed by atoms with Gasteiger partial charge < -0.3 is 5.32 Å². The molecule has 0 aliphatic heterocycles. The van der Waals surface area contributed by atoms with E-state index in [0.29, 0.717) is 11.5 Å². The zero-order valence-electron chi connectivity index (χ0n) is 16.5. The summed E-state index contributed by atoms with van der Waals surface area (Å²) >= 11 is 0. The molecule has 1 aromatic carbocycles. The summed E-state index contributed by atoms with van der Waals surface area (Å²) in [6.07, 6.45) is 13.2. The van der Waals surface area contributed by atoms with E-state index in [1.165, 1.54) is 44.1 Å². The van der Waals surface area contributed by atoms with Crippen LogP contribution >= 0.6 is 0 Å². The molecule has 2 nitrogen and oxygen atoms in total. The lowest BCUT2D eigenvalue weighted by molar-refractivity contribution is 0.0414. The summed E-state index contributed by atoms with van der Waals surface area (Å²) in [4.78, 5) is 4.25. The molecule has 142 valence electrons. The third-order valence-electron chi connectivity index (χ3n) is 8.17. The molecule has 1 heterocycles. The maximum absolute atomic E-state index is 4.25. The van der Waals surface area contributed by atoms with Gasteiger partial charge in [-0.3, -0.25) is 4.98 Å². The quantitative estimate of drug-likeness (QED) is 0.817. The smallest absolute Gasteiger partial charge is 0.0300 e. The lowest BCUT2D eigenvalue weighted by Crippen LogP contribution is -2.49. The van der Waals surface area contributed by atoms with Gasteiger partial charge in [-0.05, 0) is 97.4 Å². The van der Waals surface area contributed by atoms with E-state index < -0.39 is 0 Å². The Bertz CT molecular complexity index is 786. The Balaban J connectivity index is 1.28. The largest absolute Gasteiger partial charge is 0.313 e. The molecule has 3 aliphatic carbocycles. The van der Waals surface area contributed by atoms with Crippen LogP contribution in [0.2, 0.25) is 0 Å². The summed E-state index contributed by atoms with van der Waals surface area (Å²) in [6, 6.07) is 14.2. The highest BCUT2D eigenvalue weighted by atomic mass is 14.9. The van der Waals surface area contributed by atoms with Gasteiger partial charge in [0, 0.05) is 18.4 Å². The van der Waals surface area contributed by atoms with E-state index in [1.54, 1.807) is 11.1 Å². The Morgan fingerprint density at radius 3 is 2.89 bits per heavy atom. The minimum Gasteiger partial charge on any atom is -0.313 e. The summed E-state index contributed by atoms with van der Waals surface area (Å²) < 4.78 is 0. The van der Waals surface area contributed by atoms with Gasteiger partial charge in [0.15, 0.2) is 0 Å². The van der Waals surface area contributed by atoms with Gasteiger partial charge in [0.1, 0.15) is 0 Å². The highest BCUT2D eigenvalue weighted by molar-refractivity contribution is 5.35. The van der Waals surface area contributed by atoms with Gasteiger partial charge in [-0.25, -0.2) is 0 Å². The fourth-order valence-electron chi connectivity index (χ4n) is 6.79. The molecule has 3 aliphatic rings. The van der Waals surface area contributed by atoms with Gasteiger partial charge in [0.2, 0.25) is 0 Å². The van der Waals surface area contributed by atoms with Crippen LogP contribution in [0, 0.1) is 17.3 Å². The first-order chi connectivity index (χ1) is 13.3. The van der Waals surface area contributed by atoms with E-state index in [0.717, 1.165) is 30.7 Å². The number of rotatable bonds is 4. The first-order valence-corrected chi connectivity index (χ1v) is 11.0. The molecule has 0 amide bonds. The molecule has 0 saturated heterocycles. The summed E-state index contributed by atoms with van der Waals surface area (Å²) in [6.45, 7) is 3.68. The van der Waals surface area contributed by atoms with Crippen LogP contribution in [-0.2, 0) is 12.8 Å². The van der Waals surface area contributed by atoms with Gasteiger partial charge in [-0.2, -0.15) is 0 Å². The molecule has 5 rings (SSSR count). The number of hydrogen-bond acceptors (Lipinski definition) is 2. The van der Waals surface area contributed by atoms with Crippen molar-refractivity contribution in [2.75, 3.05) is 6.54 Å². The van der Waals surface area contributed by atoms with Crippen molar-refractivity contribution in [1.82, 2.24) is 10.3 Å². The van der Waals surface area contributed by atoms with Gasteiger partial charge in [0.25, 0.3) is 0 Å². The van der Waals surface area contributed by atoms with Crippen LogP contribution in [-0.4, -0.2) is 17.6 Å². The number of nitrogens with zero attached hydrogens (tertiary/aromatic N) is 1. The van der Waals surface area contributed by atoms with Crippen molar-refractivity contribution in [2.24, 2.45) is 17.3 Å². The molecule has 1 aromatic heterocycles. The molecule has 0 unspecified atom stereocenters. The Morgan fingerprint density at radius 2 is 2.00 bits per heavy atom. The molecule has 2 saturated carbocycles. The van der Waals surface area contributed by atoms with Crippen molar-refractivity contribution in [1.29, 1.82) is 0 Å². The average molecular weight is 361 g/mol. The molecule has 1 N–H and O–H groups in total. The SMILES string of the molecule is C[C@]12CC[C@@H]3c4ccccc4CC[C@H]3[C@@H]1CC[C@@H]2NCCc1cccnc1. The number of aryl methyl sites for hydroxylation is 1. The van der Waals surface area contributed by atoms with E-state index in [2.05, 4.69) is 47.6 Å². The first kappa shape index (κ1) is 17.4. The third kappa shape index (κ3) is 3.02. The lowest BCUT2D eigenvalue weighted by atomic mass is 9.55. The van der Waals surface area contributed by atoms with E-state index in [1.807, 2.05) is 18.5 Å². The second kappa shape index (κ2) is 7.05. The third-order valence-corrected chi connectivity index (χ3v) is 8.17. The Labute approximate surface area is 163 Å². The summed E-state index contributed by atoms with van der Waals surface area (Å²) in [5.41, 5.74) is 5.15. The lowest BCUT2D eigenvalue weighted by Gasteiger charge is -2.51. The fraction of sp³-hybridized carbons (Fsp3) is 0.560. The van der Waals surface area contributed by atoms with E-state index in [-0.39, 0.29) is 0 Å². The second-order valence-electron chi connectivity index (χ2n) is 9.35. The Morgan fingerprint density at radius 1 is 1.07 bits per heavy atom. The number of hydrogen-bond donors (Lipinski definition) is 1. The molecule has 0 bridgehead atoms. The minimum atomic E-state index is 0.488. The van der Waals surface area contributed by atoms with Crippen molar-refractivity contribution in [3.05, 3.63) is 65.5 Å². The normalized spacial score (nSPS) is 34.6. The van der Waals surface area contributed by atoms with Crippen LogP contribution in [0.3, 0.4) is 0 Å². The van der Waals surface area contributed by atoms with Gasteiger partial charge in [-0.15, -0.1) is 0 Å². The topological polar surface area (TPSA) is 24.9 Å². The summed E-state index contributed by atoms with van der Waals surface area (Å²) in [5, 5.41) is 3.96. The van der Waals surface area contributed by atoms with Crippen LogP contribution in [0.5, 0.6) is 0 Å². The monoisotopic (exact) mass is 360 g/mol. The number of benzene rings is 1. The molecular formula is C25H32N2. The Hall–Kier alpha value is -1.67. The van der Waals surface area contributed by atoms with E-state index >= 15 is 0 Å². The standard InChI is InChI=1S/C25H32N2/c1-25-14-12-21-20-7-3-2-6-19(20)8-9-22(21)23(25)10-11-24(25)27-16-13-18-5-4-15-26-17-18/h2-7,15,17,21-24,27H,8-14,16H2,1H3/t21-,22-,23+,24+,25+/m1/s1. The van der Waals surface area contributed by atoms with Crippen molar-refractivity contribution >= 4 is 0 Å². The second-order valence-corrected chi connectivity index (χ2v) is 9.35. The number of pyridine rings is 1. The first-order valence-electron chi connectivity index (χ1n) is 11.0. The summed E-state index contributed by atoms with van der Waals surface area (Å²) in [7, 11) is 0. The van der Waals surface area contributed by atoms with Gasteiger partial charge in [0.05, 0.1) is 0 Å². The maximum Gasteiger partial charge on any atom is 0.0300 e. The van der Waals surface area contributed by atoms with Crippen LogP contribution in [0.25, 0.3) is 0 Å². The maximum atomic E-state index is 4.25. The molecule has 27 heavy (non-hydrogen) atoms. The zero-order valence-corrected chi connectivity index (χ0v) is 16.5. The highest BCUT2D eigenvalue weighted by Gasteiger charge is 2.54. The van der Waals surface area contributed by atoms with Gasteiger partial charge in [-0.1, -0.05) is 37.3 Å². The molecule has 2 aromatic rings. The minimum absolute atomic E-state index is 0.488. The number of fused-ring (bicyclic) bond motifs is 5. The van der Waals surface area contributed by atoms with Crippen LogP contribution in [0.1, 0.15) is 61.6 Å². The summed E-state index contributed by atoms with van der Waals surface area (Å²) in [5.74, 6) is 2.63. The average Bonchev–Trinajstić information content (AvgIpc) is 3.05. The molecular weight excluding hydrogens is 328 g/mol. The predicted octanol–water partition coefficient (Wildman–Crippen LogP) is 5.14. The van der Waals surface area contributed by atoms with Crippen molar-refractivity contribution < 1.29 is 0 Å². The molecule has 0 spiro atoms. The predicted molar refractivity (Wildman–Crippen MR) is 111 cm³/mol. The Kier molecular flexibility index (Phi) is 4.55. The molecule has 5 atom stereocenters. The van der Waals surface area contributed by atoms with Gasteiger partial charge >= 0.3 is 0 Å². The van der Waals surface area contributed by atoms with Crippen LogP contribution in [0.15, 0.2) is 48.8 Å². The van der Waals surface area contributed by atoms with E-state index in [4.69, 9.17) is 0 Å². The molecule has 2 heteroatoms. The highest BCUT2D eigenvalue weighted by Crippen LogP contribution is 2.60. The molecule has 0 radical (unpaired) electrons. The van der Waals surface area contributed by atoms with Crippen LogP contribution < -0.4 is 5.32 Å². The fourth-order valence-corrected chi connectivity index (χ4v) is 6.79. The van der Waals surface area contributed by atoms with Crippen molar-refractivity contribution in [2.45, 2.75) is 63.8 Å². The van der Waals surface area contributed by atoms with E-state index in [9.17, 15) is 0 Å².